The number of nitrogens with one attached hydrogen (secondary N) is 2. The van der Waals surface area contributed by atoms with E-state index in [-0.39, 0.29) is 5.91 Å². The normalized spacial score (nSPS) is 19.5. The smallest absolute Gasteiger partial charge is 0.253 e. The largest absolute Gasteiger partial charge is 0.370 e. The minimum absolute atomic E-state index is 0.125. The van der Waals surface area contributed by atoms with Crippen LogP contribution in [0.1, 0.15) is 44.0 Å². The van der Waals surface area contributed by atoms with E-state index in [2.05, 4.69) is 36.4 Å². The Kier molecular flexibility index (Phi) is 4.53. The van der Waals surface area contributed by atoms with Crippen molar-refractivity contribution < 1.29 is 4.79 Å². The fraction of sp³-hybridized carbons (Fsp3) is 0.600. The molecule has 4 nitrogen and oxygen atoms in total. The van der Waals surface area contributed by atoms with Crippen LogP contribution in [0.2, 0.25) is 5.02 Å². The van der Waals surface area contributed by atoms with Gasteiger partial charge in [0, 0.05) is 19.3 Å². The molecule has 1 unspecified atom stereocenters. The van der Waals surface area contributed by atoms with Gasteiger partial charge in [-0.1, -0.05) is 32.4 Å². The molecule has 110 valence electrons. The standard InChI is InChI=1S/C15H22ClN3O/c1-4-5-17-13-6-11(12(16)9-18-13)14(20)19-8-10-7-15(10,2)3/h6,9-10H,4-5,7-8H2,1-3H3,(H,17,18)(H,19,20). The lowest BCUT2D eigenvalue weighted by Gasteiger charge is -2.10. The highest BCUT2D eigenvalue weighted by atomic mass is 35.5. The summed E-state index contributed by atoms with van der Waals surface area (Å²) >= 11 is 6.06. The first-order valence-electron chi connectivity index (χ1n) is 7.11. The van der Waals surface area contributed by atoms with E-state index >= 15 is 0 Å². The fourth-order valence-electron chi connectivity index (χ4n) is 2.20. The summed E-state index contributed by atoms with van der Waals surface area (Å²) in [6, 6.07) is 1.71. The van der Waals surface area contributed by atoms with Crippen LogP contribution in [-0.4, -0.2) is 24.0 Å². The number of rotatable bonds is 6. The Hall–Kier alpha value is -1.29. The summed E-state index contributed by atoms with van der Waals surface area (Å²) in [7, 11) is 0. The SMILES string of the molecule is CCCNc1cc(C(=O)NCC2CC2(C)C)c(Cl)cn1. The van der Waals surface area contributed by atoms with Crippen LogP contribution in [0.25, 0.3) is 0 Å². The van der Waals surface area contributed by atoms with E-state index < -0.39 is 0 Å². The molecule has 1 amide bonds. The second-order valence-corrected chi connectivity index (χ2v) is 6.48. The molecule has 5 heteroatoms. The Morgan fingerprint density at radius 1 is 1.55 bits per heavy atom. The van der Waals surface area contributed by atoms with Crippen molar-refractivity contribution in [2.24, 2.45) is 11.3 Å². The van der Waals surface area contributed by atoms with Crippen molar-refractivity contribution in [3.8, 4) is 0 Å². The first-order chi connectivity index (χ1) is 9.44. The summed E-state index contributed by atoms with van der Waals surface area (Å²) in [4.78, 5) is 16.4. The molecular weight excluding hydrogens is 274 g/mol. The predicted molar refractivity (Wildman–Crippen MR) is 82.2 cm³/mol. The van der Waals surface area contributed by atoms with E-state index in [1.165, 1.54) is 12.6 Å². The third-order valence-electron chi connectivity index (χ3n) is 3.88. The number of nitrogens with zero attached hydrogens (tertiary/aromatic N) is 1. The summed E-state index contributed by atoms with van der Waals surface area (Å²) in [6.45, 7) is 8.05. The zero-order valence-electron chi connectivity index (χ0n) is 12.3. The monoisotopic (exact) mass is 295 g/mol. The summed E-state index contributed by atoms with van der Waals surface area (Å²) < 4.78 is 0. The molecule has 0 bridgehead atoms. The molecule has 0 radical (unpaired) electrons. The van der Waals surface area contributed by atoms with Crippen molar-refractivity contribution in [3.05, 3.63) is 22.8 Å². The zero-order chi connectivity index (χ0) is 14.8. The highest BCUT2D eigenvalue weighted by Crippen LogP contribution is 2.51. The van der Waals surface area contributed by atoms with Gasteiger partial charge in [-0.05, 0) is 30.2 Å². The molecule has 2 N–H and O–H groups in total. The van der Waals surface area contributed by atoms with E-state index in [4.69, 9.17) is 11.6 Å². The molecule has 0 aliphatic heterocycles. The lowest BCUT2D eigenvalue weighted by atomic mass is 10.1. The van der Waals surface area contributed by atoms with E-state index in [0.717, 1.165) is 13.0 Å². The molecule has 1 aliphatic rings. The Morgan fingerprint density at radius 3 is 2.85 bits per heavy atom. The lowest BCUT2D eigenvalue weighted by Crippen LogP contribution is -2.27. The van der Waals surface area contributed by atoms with Crippen LogP contribution >= 0.6 is 11.6 Å². The Morgan fingerprint density at radius 2 is 2.25 bits per heavy atom. The maximum absolute atomic E-state index is 12.2. The topological polar surface area (TPSA) is 54.0 Å². The van der Waals surface area contributed by atoms with Gasteiger partial charge in [0.25, 0.3) is 5.91 Å². The zero-order valence-corrected chi connectivity index (χ0v) is 13.0. The van der Waals surface area contributed by atoms with Gasteiger partial charge in [0.15, 0.2) is 0 Å². The molecule has 1 aromatic rings. The van der Waals surface area contributed by atoms with Crippen LogP contribution in [0.4, 0.5) is 5.82 Å². The van der Waals surface area contributed by atoms with Crippen LogP contribution in [0, 0.1) is 11.3 Å². The number of pyridine rings is 1. The maximum atomic E-state index is 12.2. The van der Waals surface area contributed by atoms with Crippen molar-refractivity contribution in [3.63, 3.8) is 0 Å². The number of halogens is 1. The van der Waals surface area contributed by atoms with Gasteiger partial charge in [-0.25, -0.2) is 4.98 Å². The molecule has 20 heavy (non-hydrogen) atoms. The molecule has 0 saturated heterocycles. The third-order valence-corrected chi connectivity index (χ3v) is 4.18. The van der Waals surface area contributed by atoms with Gasteiger partial charge < -0.3 is 10.6 Å². The number of carbonyl (C=O) groups excluding carboxylic acids is 1. The molecule has 1 fully saturated rings. The molecule has 0 spiro atoms. The second kappa shape index (κ2) is 6.00. The Labute approximate surface area is 125 Å². The average Bonchev–Trinajstić information content (AvgIpc) is 3.02. The summed E-state index contributed by atoms with van der Waals surface area (Å²) in [5, 5.41) is 6.51. The van der Waals surface area contributed by atoms with Crippen molar-refractivity contribution in [2.45, 2.75) is 33.6 Å². The number of hydrogen-bond donors (Lipinski definition) is 2. The highest BCUT2D eigenvalue weighted by molar-refractivity contribution is 6.33. The first-order valence-corrected chi connectivity index (χ1v) is 7.49. The number of amides is 1. The molecule has 1 heterocycles. The highest BCUT2D eigenvalue weighted by Gasteiger charge is 2.45. The molecular formula is C15H22ClN3O. The fourth-order valence-corrected chi connectivity index (χ4v) is 2.39. The van der Waals surface area contributed by atoms with Gasteiger partial charge in [0.1, 0.15) is 5.82 Å². The molecule has 1 atom stereocenters. The average molecular weight is 296 g/mol. The van der Waals surface area contributed by atoms with Crippen LogP contribution in [-0.2, 0) is 0 Å². The predicted octanol–water partition coefficient (Wildman–Crippen LogP) is 3.33. The number of anilines is 1. The minimum Gasteiger partial charge on any atom is -0.370 e. The van der Waals surface area contributed by atoms with Crippen LogP contribution in [0.5, 0.6) is 0 Å². The molecule has 0 aromatic carbocycles. The van der Waals surface area contributed by atoms with Crippen molar-refractivity contribution in [1.29, 1.82) is 0 Å². The van der Waals surface area contributed by atoms with Crippen LogP contribution in [0.15, 0.2) is 12.3 Å². The Bertz CT molecular complexity index is 502. The van der Waals surface area contributed by atoms with E-state index in [1.54, 1.807) is 6.07 Å². The van der Waals surface area contributed by atoms with Gasteiger partial charge in [0.05, 0.1) is 10.6 Å². The van der Waals surface area contributed by atoms with Crippen molar-refractivity contribution in [1.82, 2.24) is 10.3 Å². The first kappa shape index (κ1) is 15.1. The summed E-state index contributed by atoms with van der Waals surface area (Å²) in [5.41, 5.74) is 0.849. The van der Waals surface area contributed by atoms with Crippen LogP contribution < -0.4 is 10.6 Å². The number of hydrogen-bond acceptors (Lipinski definition) is 3. The van der Waals surface area contributed by atoms with Crippen molar-refractivity contribution in [2.75, 3.05) is 18.4 Å². The maximum Gasteiger partial charge on any atom is 0.253 e. The number of aromatic nitrogens is 1. The molecule has 1 aliphatic carbocycles. The van der Waals surface area contributed by atoms with Gasteiger partial charge >= 0.3 is 0 Å². The van der Waals surface area contributed by atoms with E-state index in [1.807, 2.05) is 0 Å². The van der Waals surface area contributed by atoms with E-state index in [9.17, 15) is 4.79 Å². The second-order valence-electron chi connectivity index (χ2n) is 6.08. The molecule has 1 aromatic heterocycles. The lowest BCUT2D eigenvalue weighted by molar-refractivity contribution is 0.0950. The summed E-state index contributed by atoms with van der Waals surface area (Å²) in [5.74, 6) is 1.14. The molecule has 1 saturated carbocycles. The quantitative estimate of drug-likeness (QED) is 0.846. The molecule has 2 rings (SSSR count). The van der Waals surface area contributed by atoms with E-state index in [0.29, 0.717) is 34.3 Å². The minimum atomic E-state index is -0.125. The van der Waals surface area contributed by atoms with Crippen molar-refractivity contribution >= 4 is 23.3 Å². The third kappa shape index (κ3) is 3.63. The van der Waals surface area contributed by atoms with Gasteiger partial charge in [0.2, 0.25) is 0 Å². The van der Waals surface area contributed by atoms with Gasteiger partial charge in [-0.3, -0.25) is 4.79 Å². The number of carbonyl (C=O) groups is 1. The summed E-state index contributed by atoms with van der Waals surface area (Å²) in [6.07, 6.45) is 3.69. The van der Waals surface area contributed by atoms with Gasteiger partial charge in [-0.2, -0.15) is 0 Å². The Balaban J connectivity index is 1.97. The van der Waals surface area contributed by atoms with Crippen LogP contribution in [0.3, 0.4) is 0 Å². The van der Waals surface area contributed by atoms with Gasteiger partial charge in [-0.15, -0.1) is 0 Å².